The lowest BCUT2D eigenvalue weighted by molar-refractivity contribution is -0.126. The normalized spacial score (nSPS) is 25.3. The first-order valence-corrected chi connectivity index (χ1v) is 15.7. The third-order valence-corrected chi connectivity index (χ3v) is 9.19. The SMILES string of the molecule is O=C(NCCN1CCCCC1)[C@H]1CC[C@@H](n2c(Nc3ccccc3F)nc3cnc(N[C@H]4CC[C@H](O)CC4)nc32)CC1. The van der Waals surface area contributed by atoms with Crippen molar-refractivity contribution in [2.75, 3.05) is 36.8 Å². The Hall–Kier alpha value is -3.31. The van der Waals surface area contributed by atoms with Crippen molar-refractivity contribution >= 4 is 34.7 Å². The maximum absolute atomic E-state index is 14.6. The first-order chi connectivity index (χ1) is 20.5. The number of piperidine rings is 1. The molecular weight excluding hydrogens is 535 g/mol. The van der Waals surface area contributed by atoms with Crippen LogP contribution in [0.1, 0.15) is 76.7 Å². The van der Waals surface area contributed by atoms with E-state index < -0.39 is 0 Å². The van der Waals surface area contributed by atoms with Crippen molar-refractivity contribution in [1.82, 2.24) is 29.7 Å². The van der Waals surface area contributed by atoms with Gasteiger partial charge in [0.1, 0.15) is 11.3 Å². The molecule has 1 saturated heterocycles. The molecule has 1 aliphatic heterocycles. The number of fused-ring (bicyclic) bond motifs is 1. The van der Waals surface area contributed by atoms with Crippen molar-refractivity contribution in [3.63, 3.8) is 0 Å². The number of carbonyl (C=O) groups excluding carboxylic acids is 1. The molecule has 1 amide bonds. The van der Waals surface area contributed by atoms with Gasteiger partial charge in [0.25, 0.3) is 0 Å². The molecule has 0 atom stereocenters. The van der Waals surface area contributed by atoms with Crippen molar-refractivity contribution in [1.29, 1.82) is 0 Å². The Bertz CT molecular complexity index is 1340. The van der Waals surface area contributed by atoms with Crippen LogP contribution in [0.4, 0.5) is 22.0 Å². The highest BCUT2D eigenvalue weighted by Gasteiger charge is 2.30. The minimum Gasteiger partial charge on any atom is -0.393 e. The number of anilines is 3. The van der Waals surface area contributed by atoms with Crippen LogP contribution in [0.15, 0.2) is 30.5 Å². The lowest BCUT2D eigenvalue weighted by Gasteiger charge is -2.30. The number of amides is 1. The number of halogens is 1. The maximum Gasteiger partial charge on any atom is 0.224 e. The summed E-state index contributed by atoms with van der Waals surface area (Å²) in [7, 11) is 0. The zero-order chi connectivity index (χ0) is 28.9. The van der Waals surface area contributed by atoms with Crippen LogP contribution in [-0.2, 0) is 4.79 Å². The van der Waals surface area contributed by atoms with Gasteiger partial charge >= 0.3 is 0 Å². The van der Waals surface area contributed by atoms with E-state index in [0.29, 0.717) is 35.3 Å². The van der Waals surface area contributed by atoms with Gasteiger partial charge in [-0.15, -0.1) is 0 Å². The predicted molar refractivity (Wildman–Crippen MR) is 161 cm³/mol. The Balaban J connectivity index is 1.17. The second-order valence-corrected chi connectivity index (χ2v) is 12.2. The van der Waals surface area contributed by atoms with Crippen molar-refractivity contribution in [2.24, 2.45) is 5.92 Å². The number of hydrogen-bond acceptors (Lipinski definition) is 8. The number of para-hydroxylation sites is 1. The number of nitrogens with zero attached hydrogens (tertiary/aromatic N) is 5. The van der Waals surface area contributed by atoms with E-state index in [9.17, 15) is 14.3 Å². The van der Waals surface area contributed by atoms with Crippen LogP contribution in [0.3, 0.4) is 0 Å². The molecule has 0 unspecified atom stereocenters. The van der Waals surface area contributed by atoms with Crippen molar-refractivity contribution in [2.45, 2.75) is 88.8 Å². The summed E-state index contributed by atoms with van der Waals surface area (Å²) in [6.45, 7) is 3.89. The monoisotopic (exact) mass is 578 g/mol. The van der Waals surface area contributed by atoms with Gasteiger partial charge in [0.15, 0.2) is 5.65 Å². The van der Waals surface area contributed by atoms with Gasteiger partial charge in [0.05, 0.1) is 18.0 Å². The molecule has 10 nitrogen and oxygen atoms in total. The molecule has 3 aromatic rings. The van der Waals surface area contributed by atoms with Gasteiger partial charge in [-0.2, -0.15) is 4.98 Å². The highest BCUT2D eigenvalue weighted by molar-refractivity contribution is 5.79. The number of imidazole rings is 1. The van der Waals surface area contributed by atoms with Crippen LogP contribution in [0, 0.1) is 11.7 Å². The average Bonchev–Trinajstić information content (AvgIpc) is 3.37. The molecule has 4 N–H and O–H groups in total. The number of aromatic nitrogens is 4. The number of benzene rings is 1. The summed E-state index contributed by atoms with van der Waals surface area (Å²) in [5.41, 5.74) is 1.68. The fourth-order valence-electron chi connectivity index (χ4n) is 6.74. The van der Waals surface area contributed by atoms with Crippen molar-refractivity contribution in [3.8, 4) is 0 Å². The minimum absolute atomic E-state index is 0.00567. The molecule has 2 saturated carbocycles. The highest BCUT2D eigenvalue weighted by atomic mass is 19.1. The molecule has 2 aliphatic carbocycles. The predicted octanol–water partition coefficient (Wildman–Crippen LogP) is 4.76. The van der Waals surface area contributed by atoms with Gasteiger partial charge in [-0.25, -0.2) is 14.4 Å². The maximum atomic E-state index is 14.6. The largest absolute Gasteiger partial charge is 0.393 e. The quantitative estimate of drug-likeness (QED) is 0.287. The number of hydrogen-bond donors (Lipinski definition) is 4. The Labute approximate surface area is 246 Å². The van der Waals surface area contributed by atoms with E-state index in [2.05, 4.69) is 30.4 Å². The Morgan fingerprint density at radius 1 is 0.976 bits per heavy atom. The smallest absolute Gasteiger partial charge is 0.224 e. The van der Waals surface area contributed by atoms with E-state index in [1.807, 2.05) is 0 Å². The van der Waals surface area contributed by atoms with E-state index in [1.54, 1.807) is 24.4 Å². The van der Waals surface area contributed by atoms with Gasteiger partial charge in [0.2, 0.25) is 17.8 Å². The average molecular weight is 579 g/mol. The molecule has 1 aromatic carbocycles. The molecule has 2 aromatic heterocycles. The molecule has 226 valence electrons. The molecule has 3 heterocycles. The molecule has 6 rings (SSSR count). The first kappa shape index (κ1) is 28.8. The van der Waals surface area contributed by atoms with Crippen LogP contribution in [0.2, 0.25) is 0 Å². The van der Waals surface area contributed by atoms with Gasteiger partial charge in [-0.3, -0.25) is 9.36 Å². The number of carbonyl (C=O) groups is 1. The highest BCUT2D eigenvalue weighted by Crippen LogP contribution is 2.37. The fourth-order valence-corrected chi connectivity index (χ4v) is 6.74. The summed E-state index contributed by atoms with van der Waals surface area (Å²) in [6.07, 6.45) is 11.7. The summed E-state index contributed by atoms with van der Waals surface area (Å²) < 4.78 is 16.7. The summed E-state index contributed by atoms with van der Waals surface area (Å²) in [4.78, 5) is 29.6. The fraction of sp³-hybridized carbons (Fsp3) is 0.613. The number of likely N-dealkylation sites (tertiary alicyclic amines) is 1. The van der Waals surface area contributed by atoms with Gasteiger partial charge in [-0.1, -0.05) is 18.6 Å². The standard InChI is InChI=1S/C31H43FN8O2/c32-25-6-2-3-7-26(25)36-31-37-27-20-34-30(35-22-10-14-24(41)15-11-22)38-28(27)40(31)23-12-8-21(9-13-23)29(42)33-16-19-39-17-4-1-5-18-39/h2-3,6-7,20-24,41H,1,4-5,8-19H2,(H,33,42)(H,36,37)(H,34,35,38)/t21-,22-,23+,24-. The summed E-state index contributed by atoms with van der Waals surface area (Å²) in [5.74, 6) is 0.848. The van der Waals surface area contributed by atoms with Crippen molar-refractivity contribution in [3.05, 3.63) is 36.3 Å². The molecule has 3 aliphatic rings. The molecular formula is C31H43FN8O2. The summed E-state index contributed by atoms with van der Waals surface area (Å²) in [5, 5.41) is 19.7. The van der Waals surface area contributed by atoms with E-state index in [-0.39, 0.29) is 35.8 Å². The molecule has 42 heavy (non-hydrogen) atoms. The summed E-state index contributed by atoms with van der Waals surface area (Å²) in [6, 6.07) is 6.84. The Morgan fingerprint density at radius 3 is 2.50 bits per heavy atom. The van der Waals surface area contributed by atoms with Gasteiger partial charge < -0.3 is 26.0 Å². The van der Waals surface area contributed by atoms with Gasteiger partial charge in [-0.05, 0) is 89.4 Å². The topological polar surface area (TPSA) is 120 Å². The molecule has 11 heteroatoms. The lowest BCUT2D eigenvalue weighted by atomic mass is 9.85. The van der Waals surface area contributed by atoms with Crippen LogP contribution < -0.4 is 16.0 Å². The van der Waals surface area contributed by atoms with Crippen LogP contribution in [-0.4, -0.2) is 73.8 Å². The third-order valence-electron chi connectivity index (χ3n) is 9.19. The molecule has 3 fully saturated rings. The van der Waals surface area contributed by atoms with Crippen molar-refractivity contribution < 1.29 is 14.3 Å². The summed E-state index contributed by atoms with van der Waals surface area (Å²) >= 11 is 0. The molecule has 0 radical (unpaired) electrons. The zero-order valence-corrected chi connectivity index (χ0v) is 24.3. The first-order valence-electron chi connectivity index (χ1n) is 15.7. The Morgan fingerprint density at radius 2 is 1.74 bits per heavy atom. The van der Waals surface area contributed by atoms with E-state index in [0.717, 1.165) is 71.0 Å². The van der Waals surface area contributed by atoms with E-state index >= 15 is 0 Å². The number of aliphatic hydroxyl groups excluding tert-OH is 1. The third kappa shape index (κ3) is 6.83. The van der Waals surface area contributed by atoms with Gasteiger partial charge in [0, 0.05) is 31.1 Å². The molecule has 0 spiro atoms. The second-order valence-electron chi connectivity index (χ2n) is 12.2. The minimum atomic E-state index is -0.353. The Kier molecular flexibility index (Phi) is 9.14. The second kappa shape index (κ2) is 13.3. The van der Waals surface area contributed by atoms with Crippen LogP contribution >= 0.6 is 0 Å². The van der Waals surface area contributed by atoms with Crippen LogP contribution in [0.25, 0.3) is 11.2 Å². The van der Waals surface area contributed by atoms with Crippen LogP contribution in [0.5, 0.6) is 0 Å². The molecule has 0 bridgehead atoms. The lowest BCUT2D eigenvalue weighted by Crippen LogP contribution is -2.40. The number of aliphatic hydroxyl groups is 1. The number of nitrogens with one attached hydrogen (secondary N) is 3. The van der Waals surface area contributed by atoms with E-state index in [1.165, 1.54) is 25.3 Å². The number of rotatable bonds is 9. The van der Waals surface area contributed by atoms with E-state index in [4.69, 9.17) is 9.97 Å². The zero-order valence-electron chi connectivity index (χ0n) is 24.3.